The van der Waals surface area contributed by atoms with Crippen molar-refractivity contribution in [2.45, 2.75) is 0 Å². The van der Waals surface area contributed by atoms with Gasteiger partial charge in [0.15, 0.2) is 0 Å². The number of thioether (sulfide) groups is 1. The van der Waals surface area contributed by atoms with E-state index in [9.17, 15) is 9.59 Å². The van der Waals surface area contributed by atoms with E-state index in [2.05, 4.69) is 31.9 Å². The summed E-state index contributed by atoms with van der Waals surface area (Å²) in [5.41, 5.74) is 1.10. The molecule has 1 aliphatic heterocycles. The average molecular weight is 499 g/mol. The number of hydrogen-bond donors (Lipinski definition) is 0. The summed E-state index contributed by atoms with van der Waals surface area (Å²) in [6.07, 6.45) is 1.65. The van der Waals surface area contributed by atoms with E-state index in [-0.39, 0.29) is 5.24 Å². The van der Waals surface area contributed by atoms with Crippen molar-refractivity contribution in [3.8, 4) is 11.5 Å². The summed E-state index contributed by atoms with van der Waals surface area (Å²) in [5, 5.41) is -0.376. The Balaban J connectivity index is 2.04. The summed E-state index contributed by atoms with van der Waals surface area (Å²) in [7, 11) is 3.05. The van der Waals surface area contributed by atoms with E-state index in [1.807, 2.05) is 12.1 Å². The molecule has 0 aromatic heterocycles. The Morgan fingerprint density at radius 1 is 1.08 bits per heavy atom. The first-order chi connectivity index (χ1) is 12.5. The van der Waals surface area contributed by atoms with Crippen molar-refractivity contribution < 1.29 is 19.1 Å². The molecule has 0 bridgehead atoms. The van der Waals surface area contributed by atoms with Crippen molar-refractivity contribution in [3.63, 3.8) is 0 Å². The quantitative estimate of drug-likeness (QED) is 0.523. The second kappa shape index (κ2) is 7.85. The molecule has 8 heteroatoms. The van der Waals surface area contributed by atoms with Crippen molar-refractivity contribution in [1.82, 2.24) is 0 Å². The number of carbonyl (C=O) groups is 2. The fraction of sp³-hybridized carbons (Fsp3) is 0.111. The number of amides is 2. The first kappa shape index (κ1) is 19.0. The van der Waals surface area contributed by atoms with Crippen LogP contribution in [0.15, 0.2) is 50.2 Å². The number of nitrogens with zero attached hydrogens (tertiary/aromatic N) is 1. The molecule has 0 spiro atoms. The number of benzene rings is 2. The van der Waals surface area contributed by atoms with Crippen LogP contribution in [0.25, 0.3) is 6.08 Å². The SMILES string of the molecule is COc1ccccc1N1C(=O)S/C(=C\c2cc(Br)cc(Br)c2OC)C1=O. The summed E-state index contributed by atoms with van der Waals surface area (Å²) in [5.74, 6) is 0.638. The maximum Gasteiger partial charge on any atom is 0.298 e. The van der Waals surface area contributed by atoms with E-state index in [1.165, 1.54) is 7.11 Å². The molecule has 5 nitrogen and oxygen atoms in total. The summed E-state index contributed by atoms with van der Waals surface area (Å²) in [6.45, 7) is 0. The number of anilines is 1. The maximum atomic E-state index is 12.9. The van der Waals surface area contributed by atoms with Crippen LogP contribution in [-0.4, -0.2) is 25.4 Å². The van der Waals surface area contributed by atoms with Crippen LogP contribution in [-0.2, 0) is 4.79 Å². The Labute approximate surface area is 171 Å². The minimum Gasteiger partial charge on any atom is -0.495 e. The molecule has 1 aliphatic rings. The molecule has 2 aromatic rings. The Morgan fingerprint density at radius 3 is 2.50 bits per heavy atom. The zero-order valence-electron chi connectivity index (χ0n) is 13.8. The number of para-hydroxylation sites is 2. The van der Waals surface area contributed by atoms with E-state index in [4.69, 9.17) is 9.47 Å². The van der Waals surface area contributed by atoms with Crippen LogP contribution in [0, 0.1) is 0 Å². The molecule has 2 amide bonds. The Kier molecular flexibility index (Phi) is 5.74. The molecule has 134 valence electrons. The average Bonchev–Trinajstić information content (AvgIpc) is 2.88. The van der Waals surface area contributed by atoms with Gasteiger partial charge in [-0.3, -0.25) is 9.59 Å². The lowest BCUT2D eigenvalue weighted by Gasteiger charge is -2.15. The molecule has 0 N–H and O–H groups in total. The second-order valence-electron chi connectivity index (χ2n) is 5.20. The fourth-order valence-electron chi connectivity index (χ4n) is 2.53. The van der Waals surface area contributed by atoms with E-state index in [0.717, 1.165) is 25.6 Å². The van der Waals surface area contributed by atoms with Gasteiger partial charge in [0.2, 0.25) is 0 Å². The highest BCUT2D eigenvalue weighted by Crippen LogP contribution is 2.41. The van der Waals surface area contributed by atoms with Gasteiger partial charge in [-0.05, 0) is 58.0 Å². The first-order valence-electron chi connectivity index (χ1n) is 7.40. The first-order valence-corrected chi connectivity index (χ1v) is 9.80. The van der Waals surface area contributed by atoms with Crippen molar-refractivity contribution in [3.05, 3.63) is 55.8 Å². The molecular weight excluding hydrogens is 486 g/mol. The largest absolute Gasteiger partial charge is 0.495 e. The molecule has 0 aliphatic carbocycles. The van der Waals surface area contributed by atoms with Crippen LogP contribution in [0.1, 0.15) is 5.56 Å². The van der Waals surface area contributed by atoms with Gasteiger partial charge in [-0.1, -0.05) is 28.1 Å². The molecule has 0 radical (unpaired) electrons. The maximum absolute atomic E-state index is 12.9. The minimum absolute atomic E-state index is 0.309. The van der Waals surface area contributed by atoms with Gasteiger partial charge in [0.25, 0.3) is 11.1 Å². The van der Waals surface area contributed by atoms with Crippen molar-refractivity contribution in [2.24, 2.45) is 0 Å². The fourth-order valence-corrected chi connectivity index (χ4v) is 4.78. The van der Waals surface area contributed by atoms with Crippen molar-refractivity contribution in [2.75, 3.05) is 19.1 Å². The van der Waals surface area contributed by atoms with Crippen LogP contribution in [0.5, 0.6) is 11.5 Å². The van der Waals surface area contributed by atoms with Gasteiger partial charge in [-0.25, -0.2) is 4.90 Å². The molecule has 1 heterocycles. The molecule has 1 saturated heterocycles. The summed E-state index contributed by atoms with van der Waals surface area (Å²) < 4.78 is 12.2. The second-order valence-corrected chi connectivity index (χ2v) is 7.96. The summed E-state index contributed by atoms with van der Waals surface area (Å²) in [6, 6.07) is 10.6. The molecule has 26 heavy (non-hydrogen) atoms. The molecular formula is C18H13Br2NO4S. The topological polar surface area (TPSA) is 55.8 Å². The predicted octanol–water partition coefficient (Wildman–Crippen LogP) is 5.47. The lowest BCUT2D eigenvalue weighted by Crippen LogP contribution is -2.28. The smallest absolute Gasteiger partial charge is 0.298 e. The zero-order valence-corrected chi connectivity index (χ0v) is 17.8. The third kappa shape index (κ3) is 3.54. The zero-order chi connectivity index (χ0) is 18.8. The number of imide groups is 1. The van der Waals surface area contributed by atoms with Crippen LogP contribution < -0.4 is 14.4 Å². The number of hydrogen-bond acceptors (Lipinski definition) is 5. The molecule has 3 rings (SSSR count). The highest BCUT2D eigenvalue weighted by atomic mass is 79.9. The van der Waals surface area contributed by atoms with Crippen LogP contribution in [0.3, 0.4) is 0 Å². The molecule has 1 fully saturated rings. The predicted molar refractivity (Wildman–Crippen MR) is 110 cm³/mol. The van der Waals surface area contributed by atoms with Gasteiger partial charge in [-0.2, -0.15) is 0 Å². The van der Waals surface area contributed by atoms with E-state index in [0.29, 0.717) is 27.7 Å². The van der Waals surface area contributed by atoms with Crippen LogP contribution >= 0.6 is 43.6 Å². The lowest BCUT2D eigenvalue weighted by molar-refractivity contribution is -0.113. The number of halogens is 2. The van der Waals surface area contributed by atoms with Crippen LogP contribution in [0.2, 0.25) is 0 Å². The summed E-state index contributed by atoms with van der Waals surface area (Å²) in [4.78, 5) is 26.7. The Bertz CT molecular complexity index is 929. The normalized spacial score (nSPS) is 15.7. The highest BCUT2D eigenvalue weighted by molar-refractivity contribution is 9.11. The van der Waals surface area contributed by atoms with E-state index in [1.54, 1.807) is 37.5 Å². The van der Waals surface area contributed by atoms with Crippen molar-refractivity contribution >= 4 is 66.5 Å². The number of rotatable bonds is 4. The van der Waals surface area contributed by atoms with E-state index < -0.39 is 5.91 Å². The molecule has 0 atom stereocenters. The van der Waals surface area contributed by atoms with Gasteiger partial charge < -0.3 is 9.47 Å². The monoisotopic (exact) mass is 497 g/mol. The number of ether oxygens (including phenoxy) is 2. The van der Waals surface area contributed by atoms with Gasteiger partial charge in [0.05, 0.1) is 29.3 Å². The Hall–Kier alpha value is -1.77. The van der Waals surface area contributed by atoms with Crippen molar-refractivity contribution in [1.29, 1.82) is 0 Å². The van der Waals surface area contributed by atoms with Gasteiger partial charge in [0, 0.05) is 10.0 Å². The minimum atomic E-state index is -0.400. The van der Waals surface area contributed by atoms with Crippen LogP contribution in [0.4, 0.5) is 10.5 Å². The summed E-state index contributed by atoms with van der Waals surface area (Å²) >= 11 is 7.73. The molecule has 0 saturated carbocycles. The standard InChI is InChI=1S/C18H13Br2NO4S/c1-24-14-6-4-3-5-13(14)21-17(22)15(26-18(21)23)8-10-7-11(19)9-12(20)16(10)25-2/h3-9H,1-2H3/b15-8-. The highest BCUT2D eigenvalue weighted by Gasteiger charge is 2.37. The third-order valence-electron chi connectivity index (χ3n) is 3.65. The van der Waals surface area contributed by atoms with Gasteiger partial charge in [0.1, 0.15) is 11.5 Å². The lowest BCUT2D eigenvalue weighted by atomic mass is 10.2. The van der Waals surface area contributed by atoms with Gasteiger partial charge in [-0.15, -0.1) is 0 Å². The third-order valence-corrected chi connectivity index (χ3v) is 5.56. The Morgan fingerprint density at radius 2 is 1.81 bits per heavy atom. The number of carbonyl (C=O) groups excluding carboxylic acids is 2. The van der Waals surface area contributed by atoms with Gasteiger partial charge >= 0.3 is 0 Å². The molecule has 2 aromatic carbocycles. The number of methoxy groups -OCH3 is 2. The molecule has 0 unspecified atom stereocenters. The van der Waals surface area contributed by atoms with E-state index >= 15 is 0 Å².